The van der Waals surface area contributed by atoms with Crippen LogP contribution < -0.4 is 51.4 Å². The summed E-state index contributed by atoms with van der Waals surface area (Å²) in [5.41, 5.74) is 0. The molecule has 4 heavy (non-hydrogen) atoms. The first-order valence-corrected chi connectivity index (χ1v) is 0.630. The fourth-order valence-electron chi connectivity index (χ4n) is 0. The molecule has 0 aliphatic heterocycles. The van der Waals surface area contributed by atoms with Crippen molar-refractivity contribution in [2.45, 2.75) is 0 Å². The van der Waals surface area contributed by atoms with E-state index in [1.807, 2.05) is 0 Å². The van der Waals surface area contributed by atoms with Crippen LogP contribution in [0.4, 0.5) is 0 Å². The van der Waals surface area contributed by atoms with Gasteiger partial charge in [-0.15, -0.1) is 0 Å². The molecule has 0 aromatic heterocycles. The summed E-state index contributed by atoms with van der Waals surface area (Å²) in [5, 5.41) is 2.25. The van der Waals surface area contributed by atoms with Crippen molar-refractivity contribution < 1.29 is 52.8 Å². The first kappa shape index (κ1) is 8.97. The van der Waals surface area contributed by atoms with Gasteiger partial charge in [-0.3, -0.25) is 0 Å². The zero-order chi connectivity index (χ0) is 2.71. The van der Waals surface area contributed by atoms with Crippen LogP contribution in [0.3, 0.4) is 0 Å². The summed E-state index contributed by atoms with van der Waals surface area (Å²) in [5.74, 6) is 0. The minimum absolute atomic E-state index is 0. The molecule has 0 fully saturated rings. The molecule has 0 saturated carbocycles. The van der Waals surface area contributed by atoms with Gasteiger partial charge >= 0.3 is 51.4 Å². The zero-order valence-corrected chi connectivity index (χ0v) is 5.98. The Balaban J connectivity index is -0.0000000200. The molecule has 2 nitrogen and oxygen atoms in total. The van der Waals surface area contributed by atoms with Gasteiger partial charge in [0.15, 0.2) is 0 Å². The predicted molar refractivity (Wildman–Crippen MR) is 12.8 cm³/mol. The van der Waals surface area contributed by atoms with Gasteiger partial charge in [-0.05, 0) is 0 Å². The standard InChI is InChI=1S/CH3NO.K.H/c1-2-3;;/h1H3;;/q;+1;-1. The molecule has 0 radical (unpaired) electrons. The zero-order valence-electron chi connectivity index (χ0n) is 3.86. The van der Waals surface area contributed by atoms with Gasteiger partial charge in [0, 0.05) is 0 Å². The van der Waals surface area contributed by atoms with E-state index in [4.69, 9.17) is 4.91 Å². The van der Waals surface area contributed by atoms with E-state index < -0.39 is 0 Å². The van der Waals surface area contributed by atoms with Gasteiger partial charge in [0.2, 0.25) is 0 Å². The maximum absolute atomic E-state index is 8.56. The van der Waals surface area contributed by atoms with Gasteiger partial charge in [-0.25, -0.2) is 0 Å². The molecule has 0 N–H and O–H groups in total. The fraction of sp³-hybridized carbons (Fsp3) is 1.00. The molecule has 0 aliphatic rings. The Kier molecular flexibility index (Phi) is 19.9. The van der Waals surface area contributed by atoms with Crippen molar-refractivity contribution in [2.75, 3.05) is 7.05 Å². The summed E-state index contributed by atoms with van der Waals surface area (Å²) in [6.45, 7) is 0. The molecule has 0 aromatic carbocycles. The van der Waals surface area contributed by atoms with Gasteiger partial charge < -0.3 is 1.43 Å². The largest absolute Gasteiger partial charge is 1.00 e. The van der Waals surface area contributed by atoms with E-state index in [1.54, 1.807) is 0 Å². The van der Waals surface area contributed by atoms with Gasteiger partial charge in [0.25, 0.3) is 0 Å². The second kappa shape index (κ2) is 8.87. The maximum atomic E-state index is 8.56. The normalized spacial score (nSPS) is 3.25. The summed E-state index contributed by atoms with van der Waals surface area (Å²) in [6, 6.07) is 0. The summed E-state index contributed by atoms with van der Waals surface area (Å²) in [7, 11) is 1.19. The topological polar surface area (TPSA) is 29.4 Å². The van der Waals surface area contributed by atoms with Crippen molar-refractivity contribution in [3.63, 3.8) is 0 Å². The Hall–Kier alpha value is 1.24. The Labute approximate surface area is 68.8 Å². The van der Waals surface area contributed by atoms with Gasteiger partial charge in [-0.1, -0.05) is 5.18 Å². The molecule has 0 unspecified atom stereocenters. The van der Waals surface area contributed by atoms with Crippen LogP contribution in [0, 0.1) is 4.91 Å². The third-order valence-electron chi connectivity index (χ3n) is 0. The molecule has 0 saturated heterocycles. The van der Waals surface area contributed by atoms with Crippen molar-refractivity contribution in [1.29, 1.82) is 0 Å². The van der Waals surface area contributed by atoms with E-state index in [9.17, 15) is 0 Å². The van der Waals surface area contributed by atoms with Gasteiger partial charge in [0.1, 0.15) is 0 Å². The van der Waals surface area contributed by atoms with E-state index >= 15 is 0 Å². The first-order valence-electron chi connectivity index (χ1n) is 0.630. The average Bonchev–Trinajstić information content (AvgIpc) is 0.918. The molecule has 3 heteroatoms. The van der Waals surface area contributed by atoms with Crippen LogP contribution in [-0.2, 0) is 0 Å². The van der Waals surface area contributed by atoms with Crippen LogP contribution in [0.1, 0.15) is 1.43 Å². The molecular weight excluding hydrogens is 81.1 g/mol. The Morgan fingerprint density at radius 1 is 2.00 bits per heavy atom. The van der Waals surface area contributed by atoms with Crippen molar-refractivity contribution >= 4 is 0 Å². The van der Waals surface area contributed by atoms with Crippen LogP contribution in [0.15, 0.2) is 5.18 Å². The number of nitroso groups, excluding NO2 is 1. The Morgan fingerprint density at radius 3 is 2.00 bits per heavy atom. The fourth-order valence-corrected chi connectivity index (χ4v) is 0. The molecule has 0 amide bonds. The molecule has 0 aliphatic carbocycles. The third-order valence-corrected chi connectivity index (χ3v) is 0. The summed E-state index contributed by atoms with van der Waals surface area (Å²) < 4.78 is 0. The molecule has 20 valence electrons. The number of rotatable bonds is 0. The van der Waals surface area contributed by atoms with E-state index in [0.29, 0.717) is 0 Å². The smallest absolute Gasteiger partial charge is 1.00 e. The van der Waals surface area contributed by atoms with Crippen LogP contribution in [0.25, 0.3) is 0 Å². The van der Waals surface area contributed by atoms with E-state index in [2.05, 4.69) is 5.18 Å². The van der Waals surface area contributed by atoms with Crippen LogP contribution in [0.2, 0.25) is 0 Å². The molecule has 0 heterocycles. The van der Waals surface area contributed by atoms with Crippen molar-refractivity contribution in [3.05, 3.63) is 4.91 Å². The Morgan fingerprint density at radius 2 is 2.00 bits per heavy atom. The molecule has 0 spiro atoms. The summed E-state index contributed by atoms with van der Waals surface area (Å²) >= 11 is 0. The van der Waals surface area contributed by atoms with Crippen molar-refractivity contribution in [1.82, 2.24) is 0 Å². The first-order chi connectivity index (χ1) is 1.41. The van der Waals surface area contributed by atoms with E-state index in [0.717, 1.165) is 0 Å². The van der Waals surface area contributed by atoms with Crippen LogP contribution in [0.5, 0.6) is 0 Å². The third kappa shape index (κ3) is 10.6. The predicted octanol–water partition coefficient (Wildman–Crippen LogP) is -2.50. The summed E-state index contributed by atoms with van der Waals surface area (Å²) in [4.78, 5) is 8.56. The van der Waals surface area contributed by atoms with Crippen LogP contribution in [-0.4, -0.2) is 7.05 Å². The van der Waals surface area contributed by atoms with Crippen LogP contribution >= 0.6 is 0 Å². The second-order valence-electron chi connectivity index (χ2n) is 0.183. The monoisotopic (exact) mass is 85.0 g/mol. The molecule has 0 aromatic rings. The minimum atomic E-state index is 0. The minimum Gasteiger partial charge on any atom is -1.00 e. The molecule has 0 rings (SSSR count). The van der Waals surface area contributed by atoms with E-state index in [-0.39, 0.29) is 52.8 Å². The summed E-state index contributed by atoms with van der Waals surface area (Å²) in [6.07, 6.45) is 0. The molecular formula is CH4KNO. The van der Waals surface area contributed by atoms with Gasteiger partial charge in [0.05, 0.1) is 7.05 Å². The quantitative estimate of drug-likeness (QED) is 0.236. The SMILES string of the molecule is CN=O.[H-].[K+]. The van der Waals surface area contributed by atoms with E-state index in [1.165, 1.54) is 7.05 Å². The van der Waals surface area contributed by atoms with Crippen molar-refractivity contribution in [2.24, 2.45) is 5.18 Å². The number of hydrogen-bond donors (Lipinski definition) is 0. The van der Waals surface area contributed by atoms with Crippen molar-refractivity contribution in [3.8, 4) is 0 Å². The Bertz CT molecular complexity index is 19.1. The molecule has 0 atom stereocenters. The number of nitrogens with zero attached hydrogens (tertiary/aromatic N) is 1. The second-order valence-corrected chi connectivity index (χ2v) is 0.183. The van der Waals surface area contributed by atoms with Gasteiger partial charge in [-0.2, -0.15) is 4.91 Å². The number of hydrogen-bond acceptors (Lipinski definition) is 2. The maximum Gasteiger partial charge on any atom is 1.00 e. The average molecular weight is 85.1 g/mol. The molecule has 0 bridgehead atoms.